The zero-order valence-electron chi connectivity index (χ0n) is 18.8. The minimum Gasteiger partial charge on any atom is -0.493 e. The second kappa shape index (κ2) is 10.1. The molecule has 9 nitrogen and oxygen atoms in total. The number of hydrogen-bond acceptors (Lipinski definition) is 6. The molecule has 0 unspecified atom stereocenters. The third kappa shape index (κ3) is 6.07. The van der Waals surface area contributed by atoms with Crippen LogP contribution in [0.4, 0.5) is 5.69 Å². The van der Waals surface area contributed by atoms with Gasteiger partial charge in [-0.05, 0) is 52.3 Å². The Morgan fingerprint density at radius 1 is 1.13 bits per heavy atom. The van der Waals surface area contributed by atoms with Crippen LogP contribution in [-0.2, 0) is 11.2 Å². The van der Waals surface area contributed by atoms with Crippen molar-refractivity contribution in [2.45, 2.75) is 53.1 Å². The molecule has 0 saturated heterocycles. The smallest absolute Gasteiger partial charge is 0.338 e. The molecule has 0 radical (unpaired) electrons. The van der Waals surface area contributed by atoms with E-state index in [1.807, 2.05) is 6.92 Å². The first-order valence-corrected chi connectivity index (χ1v) is 10.2. The Labute approximate surface area is 181 Å². The maximum atomic E-state index is 13.2. The van der Waals surface area contributed by atoms with Crippen molar-refractivity contribution in [2.75, 3.05) is 19.0 Å². The normalized spacial score (nSPS) is 11.0. The Hall–Kier alpha value is -3.36. The number of H-pyrrole nitrogens is 1. The quantitative estimate of drug-likeness (QED) is 0.552. The van der Waals surface area contributed by atoms with Crippen LogP contribution in [0.25, 0.3) is 0 Å². The van der Waals surface area contributed by atoms with Gasteiger partial charge in [-0.15, -0.1) is 0 Å². The number of aromatic amines is 1. The maximum absolute atomic E-state index is 13.2. The van der Waals surface area contributed by atoms with E-state index in [2.05, 4.69) is 20.8 Å². The number of aryl methyl sites for hydroxylation is 1. The lowest BCUT2D eigenvalue weighted by Gasteiger charge is -2.20. The van der Waals surface area contributed by atoms with E-state index in [9.17, 15) is 14.4 Å². The molecule has 1 aromatic carbocycles. The Kier molecular flexibility index (Phi) is 7.79. The molecule has 0 aliphatic rings. The van der Waals surface area contributed by atoms with Gasteiger partial charge in [0.1, 0.15) is 11.4 Å². The largest absolute Gasteiger partial charge is 0.493 e. The minimum atomic E-state index is -0.674. The van der Waals surface area contributed by atoms with Gasteiger partial charge < -0.3 is 20.1 Å². The van der Waals surface area contributed by atoms with E-state index >= 15 is 0 Å². The summed E-state index contributed by atoms with van der Waals surface area (Å²) >= 11 is 0. The van der Waals surface area contributed by atoms with Crippen molar-refractivity contribution in [2.24, 2.45) is 0 Å². The highest BCUT2D eigenvalue weighted by Crippen LogP contribution is 2.26. The Bertz CT molecular complexity index is 959. The van der Waals surface area contributed by atoms with Crippen molar-refractivity contribution in [3.63, 3.8) is 0 Å². The molecule has 2 rings (SSSR count). The van der Waals surface area contributed by atoms with E-state index in [1.54, 1.807) is 39.8 Å². The maximum Gasteiger partial charge on any atom is 0.338 e. The van der Waals surface area contributed by atoms with Gasteiger partial charge in [-0.25, -0.2) is 4.79 Å². The van der Waals surface area contributed by atoms with Gasteiger partial charge in [-0.1, -0.05) is 13.3 Å². The second-order valence-corrected chi connectivity index (χ2v) is 7.85. The van der Waals surface area contributed by atoms with Gasteiger partial charge in [-0.2, -0.15) is 5.10 Å². The number of anilines is 1. The van der Waals surface area contributed by atoms with Crippen LogP contribution in [0.3, 0.4) is 0 Å². The first kappa shape index (κ1) is 23.9. The number of ether oxygens (including phenoxy) is 2. The molecule has 0 atom stereocenters. The highest BCUT2D eigenvalue weighted by molar-refractivity contribution is 6.10. The summed E-state index contributed by atoms with van der Waals surface area (Å²) in [4.78, 5) is 37.8. The monoisotopic (exact) mass is 430 g/mol. The van der Waals surface area contributed by atoms with Gasteiger partial charge in [0.15, 0.2) is 5.69 Å². The predicted molar refractivity (Wildman–Crippen MR) is 117 cm³/mol. The fourth-order valence-corrected chi connectivity index (χ4v) is 2.86. The number of carbonyl (C=O) groups excluding carboxylic acids is 3. The summed E-state index contributed by atoms with van der Waals surface area (Å²) in [5.74, 6) is -1.20. The van der Waals surface area contributed by atoms with Gasteiger partial charge in [0.25, 0.3) is 11.8 Å². The zero-order chi connectivity index (χ0) is 23.2. The highest BCUT2D eigenvalue weighted by atomic mass is 16.6. The van der Waals surface area contributed by atoms with Crippen LogP contribution in [0.15, 0.2) is 18.2 Å². The lowest BCUT2D eigenvalue weighted by molar-refractivity contribution is 0.00693. The summed E-state index contributed by atoms with van der Waals surface area (Å²) in [6.45, 7) is 9.40. The number of nitrogens with one attached hydrogen (secondary N) is 3. The van der Waals surface area contributed by atoms with E-state index < -0.39 is 23.4 Å². The average molecular weight is 431 g/mol. The fraction of sp³-hybridized carbons (Fsp3) is 0.455. The number of carbonyl (C=O) groups is 3. The van der Waals surface area contributed by atoms with Crippen molar-refractivity contribution < 1.29 is 23.9 Å². The van der Waals surface area contributed by atoms with Crippen LogP contribution < -0.4 is 15.4 Å². The van der Waals surface area contributed by atoms with Gasteiger partial charge in [0.05, 0.1) is 29.1 Å². The average Bonchev–Trinajstić information content (AvgIpc) is 3.09. The molecule has 2 amide bonds. The van der Waals surface area contributed by atoms with Crippen LogP contribution in [0.1, 0.15) is 77.9 Å². The van der Waals surface area contributed by atoms with Crippen LogP contribution in [0.5, 0.6) is 5.75 Å². The van der Waals surface area contributed by atoms with E-state index in [0.29, 0.717) is 30.2 Å². The molecule has 2 aromatic rings. The molecule has 3 N–H and O–H groups in total. The number of hydrogen-bond donors (Lipinski definition) is 3. The van der Waals surface area contributed by atoms with Gasteiger partial charge in [-0.3, -0.25) is 14.7 Å². The molecular formula is C22H30N4O5. The highest BCUT2D eigenvalue weighted by Gasteiger charge is 2.24. The van der Waals surface area contributed by atoms with Crippen molar-refractivity contribution in [1.82, 2.24) is 15.5 Å². The first-order chi connectivity index (χ1) is 14.6. The summed E-state index contributed by atoms with van der Waals surface area (Å²) in [5.41, 5.74) is 0.715. The number of benzene rings is 1. The number of rotatable bonds is 8. The topological polar surface area (TPSA) is 122 Å². The lowest BCUT2D eigenvalue weighted by Crippen LogP contribution is -2.24. The molecular weight excluding hydrogens is 400 g/mol. The molecule has 0 fully saturated rings. The first-order valence-electron chi connectivity index (χ1n) is 10.2. The van der Waals surface area contributed by atoms with Gasteiger partial charge in [0.2, 0.25) is 0 Å². The molecule has 0 aliphatic heterocycles. The third-order valence-electron chi connectivity index (χ3n) is 4.18. The summed E-state index contributed by atoms with van der Waals surface area (Å²) in [7, 11) is 1.49. The molecule has 0 saturated carbocycles. The molecule has 0 spiro atoms. The van der Waals surface area contributed by atoms with Crippen molar-refractivity contribution >= 4 is 23.5 Å². The second-order valence-electron chi connectivity index (χ2n) is 7.85. The van der Waals surface area contributed by atoms with Gasteiger partial charge in [0, 0.05) is 7.05 Å². The summed E-state index contributed by atoms with van der Waals surface area (Å²) in [5, 5.41) is 12.1. The Morgan fingerprint density at radius 2 is 1.84 bits per heavy atom. The van der Waals surface area contributed by atoms with E-state index in [1.165, 1.54) is 13.1 Å². The van der Waals surface area contributed by atoms with Crippen LogP contribution >= 0.6 is 0 Å². The van der Waals surface area contributed by atoms with Crippen LogP contribution in [0, 0.1) is 0 Å². The minimum absolute atomic E-state index is 0.0838. The van der Waals surface area contributed by atoms with Crippen LogP contribution in [-0.4, -0.2) is 47.2 Å². The molecule has 1 heterocycles. The number of amides is 2. The molecule has 1 aromatic heterocycles. The molecule has 0 aliphatic carbocycles. The third-order valence-corrected chi connectivity index (χ3v) is 4.18. The molecule has 168 valence electrons. The van der Waals surface area contributed by atoms with Gasteiger partial charge >= 0.3 is 5.97 Å². The number of esters is 1. The molecule has 0 bridgehead atoms. The Balaban J connectivity index is 2.44. The summed E-state index contributed by atoms with van der Waals surface area (Å²) in [6, 6.07) is 4.53. The van der Waals surface area contributed by atoms with E-state index in [0.717, 1.165) is 6.42 Å². The van der Waals surface area contributed by atoms with Crippen LogP contribution in [0.2, 0.25) is 0 Å². The van der Waals surface area contributed by atoms with Crippen molar-refractivity contribution in [3.8, 4) is 5.75 Å². The predicted octanol–water partition coefficient (Wildman–Crippen LogP) is 3.33. The lowest BCUT2D eigenvalue weighted by atomic mass is 10.1. The van der Waals surface area contributed by atoms with E-state index in [4.69, 9.17) is 9.47 Å². The summed E-state index contributed by atoms with van der Waals surface area (Å²) in [6.07, 6.45) is 1.38. The summed E-state index contributed by atoms with van der Waals surface area (Å²) < 4.78 is 11.0. The standard InChI is InChI=1S/C22H30N4O5/c1-7-9-15-17(18(26-25-15)20(28)23-6)24-19(27)14-12-13(10-11-16(14)30-8-2)21(29)31-22(3,4)5/h10-12H,7-9H2,1-6H3,(H,23,28)(H,24,27)(H,25,26). The van der Waals surface area contributed by atoms with Crippen molar-refractivity contribution in [3.05, 3.63) is 40.7 Å². The van der Waals surface area contributed by atoms with Crippen molar-refractivity contribution in [1.29, 1.82) is 0 Å². The van der Waals surface area contributed by atoms with E-state index in [-0.39, 0.29) is 16.8 Å². The Morgan fingerprint density at radius 3 is 2.42 bits per heavy atom. The number of nitrogens with zero attached hydrogens (tertiary/aromatic N) is 1. The zero-order valence-corrected chi connectivity index (χ0v) is 18.8. The molecule has 31 heavy (non-hydrogen) atoms. The SMILES string of the molecule is CCCc1[nH]nc(C(=O)NC)c1NC(=O)c1cc(C(=O)OC(C)(C)C)ccc1OCC. The number of aromatic nitrogens is 2. The molecule has 9 heteroatoms. The fourth-order valence-electron chi connectivity index (χ4n) is 2.86.